The van der Waals surface area contributed by atoms with Crippen molar-refractivity contribution < 1.29 is 9.53 Å². The number of amides is 1. The van der Waals surface area contributed by atoms with E-state index >= 15 is 0 Å². The molecule has 1 aliphatic carbocycles. The first-order valence-electron chi connectivity index (χ1n) is 8.76. The van der Waals surface area contributed by atoms with Gasteiger partial charge in [0, 0.05) is 25.0 Å². The van der Waals surface area contributed by atoms with E-state index in [0.29, 0.717) is 12.3 Å². The van der Waals surface area contributed by atoms with Crippen molar-refractivity contribution in [2.75, 3.05) is 7.05 Å². The first-order chi connectivity index (χ1) is 12.7. The number of benzene rings is 2. The molecule has 0 saturated heterocycles. The highest BCUT2D eigenvalue weighted by molar-refractivity contribution is 6.09. The van der Waals surface area contributed by atoms with Gasteiger partial charge in [0.1, 0.15) is 5.75 Å². The SMILES string of the molecule is CNC(=O)Oc1ccc2c(c1)c1c(n2C)C(=NCc2ccccc2)CC1. The largest absolute Gasteiger partial charge is 0.412 e. The summed E-state index contributed by atoms with van der Waals surface area (Å²) in [5.41, 5.74) is 5.99. The number of carbonyl (C=O) groups excluding carboxylic acids is 1. The zero-order valence-corrected chi connectivity index (χ0v) is 15.0. The first-order valence-corrected chi connectivity index (χ1v) is 8.76. The maximum atomic E-state index is 11.5. The number of fused-ring (bicyclic) bond motifs is 3. The number of rotatable bonds is 3. The summed E-state index contributed by atoms with van der Waals surface area (Å²) < 4.78 is 7.48. The topological polar surface area (TPSA) is 55.6 Å². The molecule has 0 bridgehead atoms. The number of nitrogens with zero attached hydrogens (tertiary/aromatic N) is 2. The summed E-state index contributed by atoms with van der Waals surface area (Å²) in [5, 5.41) is 3.61. The van der Waals surface area contributed by atoms with Gasteiger partial charge in [-0.1, -0.05) is 30.3 Å². The molecule has 1 amide bonds. The van der Waals surface area contributed by atoms with Crippen LogP contribution in [0.15, 0.2) is 53.5 Å². The van der Waals surface area contributed by atoms with Crippen LogP contribution in [0.5, 0.6) is 5.75 Å². The summed E-state index contributed by atoms with van der Waals surface area (Å²) in [6.07, 6.45) is 1.45. The molecule has 1 aliphatic rings. The summed E-state index contributed by atoms with van der Waals surface area (Å²) in [6.45, 7) is 0.697. The number of hydrogen-bond acceptors (Lipinski definition) is 3. The van der Waals surface area contributed by atoms with Crippen LogP contribution < -0.4 is 10.1 Å². The van der Waals surface area contributed by atoms with E-state index in [0.717, 1.165) is 29.5 Å². The highest BCUT2D eigenvalue weighted by atomic mass is 16.5. The van der Waals surface area contributed by atoms with Gasteiger partial charge >= 0.3 is 6.09 Å². The van der Waals surface area contributed by atoms with Crippen molar-refractivity contribution in [3.8, 4) is 5.75 Å². The molecule has 2 aromatic carbocycles. The Morgan fingerprint density at radius 2 is 2.00 bits per heavy atom. The average molecular weight is 347 g/mol. The van der Waals surface area contributed by atoms with Gasteiger partial charge < -0.3 is 14.6 Å². The number of ether oxygens (including phenoxy) is 1. The zero-order chi connectivity index (χ0) is 18.1. The van der Waals surface area contributed by atoms with Crippen LogP contribution in [0.25, 0.3) is 10.9 Å². The molecule has 0 atom stereocenters. The van der Waals surface area contributed by atoms with Crippen molar-refractivity contribution >= 4 is 22.7 Å². The smallest absolute Gasteiger partial charge is 0.410 e. The second kappa shape index (κ2) is 6.67. The standard InChI is InChI=1S/C21H21N3O2/c1-22-21(25)26-15-8-11-19-17(12-15)16-9-10-18(20(16)24(19)2)23-13-14-6-4-3-5-7-14/h3-8,11-12H,9-10,13H2,1-2H3,(H,22,25). The summed E-state index contributed by atoms with van der Waals surface area (Å²) in [5.74, 6) is 0.555. The molecule has 0 aliphatic heterocycles. The minimum absolute atomic E-state index is 0.456. The highest BCUT2D eigenvalue weighted by Gasteiger charge is 2.25. The minimum atomic E-state index is -0.456. The van der Waals surface area contributed by atoms with Gasteiger partial charge in [0.25, 0.3) is 0 Å². The fourth-order valence-corrected chi connectivity index (χ4v) is 3.63. The second-order valence-electron chi connectivity index (χ2n) is 6.45. The predicted molar refractivity (Wildman–Crippen MR) is 103 cm³/mol. The van der Waals surface area contributed by atoms with Crippen molar-refractivity contribution in [2.24, 2.45) is 12.0 Å². The van der Waals surface area contributed by atoms with Gasteiger partial charge in [-0.15, -0.1) is 0 Å². The van der Waals surface area contributed by atoms with E-state index in [-0.39, 0.29) is 0 Å². The van der Waals surface area contributed by atoms with Crippen molar-refractivity contribution in [3.05, 3.63) is 65.4 Å². The van der Waals surface area contributed by atoms with E-state index in [2.05, 4.69) is 29.1 Å². The van der Waals surface area contributed by atoms with Gasteiger partial charge in [-0.25, -0.2) is 4.79 Å². The monoisotopic (exact) mass is 347 g/mol. The van der Waals surface area contributed by atoms with Crippen molar-refractivity contribution in [3.63, 3.8) is 0 Å². The van der Waals surface area contributed by atoms with Crippen LogP contribution in [0, 0.1) is 0 Å². The van der Waals surface area contributed by atoms with E-state index < -0.39 is 6.09 Å². The number of aliphatic imine (C=N–C) groups is 1. The third kappa shape index (κ3) is 2.86. The lowest BCUT2D eigenvalue weighted by molar-refractivity contribution is 0.203. The normalized spacial score (nSPS) is 14.6. The van der Waals surface area contributed by atoms with Crippen LogP contribution in [-0.4, -0.2) is 23.4 Å². The second-order valence-corrected chi connectivity index (χ2v) is 6.45. The van der Waals surface area contributed by atoms with E-state index in [4.69, 9.17) is 9.73 Å². The Morgan fingerprint density at radius 3 is 2.77 bits per heavy atom. The summed E-state index contributed by atoms with van der Waals surface area (Å²) in [7, 11) is 3.63. The quantitative estimate of drug-likeness (QED) is 0.783. The van der Waals surface area contributed by atoms with Gasteiger partial charge in [0.05, 0.1) is 18.0 Å². The molecule has 0 spiro atoms. The molecular formula is C21H21N3O2. The highest BCUT2D eigenvalue weighted by Crippen LogP contribution is 2.35. The summed E-state index contributed by atoms with van der Waals surface area (Å²) in [4.78, 5) is 16.3. The summed E-state index contributed by atoms with van der Waals surface area (Å²) >= 11 is 0. The van der Waals surface area contributed by atoms with Crippen LogP contribution in [0.2, 0.25) is 0 Å². The van der Waals surface area contributed by atoms with Gasteiger partial charge in [-0.2, -0.15) is 0 Å². The van der Waals surface area contributed by atoms with Gasteiger partial charge in [-0.3, -0.25) is 4.99 Å². The van der Waals surface area contributed by atoms with E-state index in [1.807, 2.05) is 36.4 Å². The fourth-order valence-electron chi connectivity index (χ4n) is 3.63. The van der Waals surface area contributed by atoms with Crippen LogP contribution in [0.3, 0.4) is 0 Å². The van der Waals surface area contributed by atoms with Gasteiger partial charge in [0.15, 0.2) is 0 Å². The number of aryl methyl sites for hydroxylation is 2. The maximum absolute atomic E-state index is 11.5. The van der Waals surface area contributed by atoms with Crippen LogP contribution in [0.4, 0.5) is 4.79 Å². The Hall–Kier alpha value is -3.08. The first kappa shape index (κ1) is 16.4. The third-order valence-electron chi connectivity index (χ3n) is 4.87. The van der Waals surface area contributed by atoms with E-state index in [1.165, 1.54) is 16.8 Å². The predicted octanol–water partition coefficient (Wildman–Crippen LogP) is 3.83. The number of carbonyl (C=O) groups is 1. The van der Waals surface area contributed by atoms with E-state index in [1.54, 1.807) is 7.05 Å². The van der Waals surface area contributed by atoms with Crippen molar-refractivity contribution in [2.45, 2.75) is 19.4 Å². The van der Waals surface area contributed by atoms with Crippen LogP contribution in [-0.2, 0) is 20.0 Å². The lowest BCUT2D eigenvalue weighted by atomic mass is 10.1. The minimum Gasteiger partial charge on any atom is -0.410 e. The lowest BCUT2D eigenvalue weighted by Crippen LogP contribution is -2.21. The number of hydrogen-bond donors (Lipinski definition) is 1. The zero-order valence-electron chi connectivity index (χ0n) is 15.0. The Bertz CT molecular complexity index is 1000. The lowest BCUT2D eigenvalue weighted by Gasteiger charge is -2.06. The number of aromatic nitrogens is 1. The Kier molecular flexibility index (Phi) is 4.21. The average Bonchev–Trinajstić information content (AvgIpc) is 3.21. The molecule has 5 nitrogen and oxygen atoms in total. The Morgan fingerprint density at radius 1 is 1.19 bits per heavy atom. The molecule has 0 unspecified atom stereocenters. The van der Waals surface area contributed by atoms with Crippen molar-refractivity contribution in [1.29, 1.82) is 0 Å². The van der Waals surface area contributed by atoms with Crippen molar-refractivity contribution in [1.82, 2.24) is 9.88 Å². The molecule has 4 rings (SSSR count). The van der Waals surface area contributed by atoms with Gasteiger partial charge in [-0.05, 0) is 42.2 Å². The van der Waals surface area contributed by atoms with Crippen LogP contribution in [0.1, 0.15) is 23.2 Å². The maximum Gasteiger partial charge on any atom is 0.412 e. The molecule has 1 aromatic heterocycles. The van der Waals surface area contributed by atoms with Crippen LogP contribution >= 0.6 is 0 Å². The Labute approximate surface area is 152 Å². The summed E-state index contributed by atoms with van der Waals surface area (Å²) in [6, 6.07) is 16.1. The number of nitrogens with one attached hydrogen (secondary N) is 1. The molecular weight excluding hydrogens is 326 g/mol. The molecule has 5 heteroatoms. The van der Waals surface area contributed by atoms with Gasteiger partial charge in [0.2, 0.25) is 0 Å². The molecule has 3 aromatic rings. The molecule has 26 heavy (non-hydrogen) atoms. The Balaban J connectivity index is 1.70. The molecule has 0 saturated carbocycles. The molecule has 0 radical (unpaired) electrons. The van der Waals surface area contributed by atoms with E-state index in [9.17, 15) is 4.79 Å². The molecule has 1 heterocycles. The molecule has 1 N–H and O–H groups in total. The third-order valence-corrected chi connectivity index (χ3v) is 4.87. The molecule has 132 valence electrons. The molecule has 0 fully saturated rings. The fraction of sp³-hybridized carbons (Fsp3) is 0.238.